The largest absolute Gasteiger partial charge is 0.378 e. The first-order valence-electron chi connectivity index (χ1n) is 9.98. The number of aryl methyl sites for hydroxylation is 1. The third-order valence-corrected chi connectivity index (χ3v) is 6.38. The summed E-state index contributed by atoms with van der Waals surface area (Å²) in [6, 6.07) is 13.7. The van der Waals surface area contributed by atoms with Gasteiger partial charge in [0.25, 0.3) is 5.56 Å². The Labute approximate surface area is 182 Å². The molecular formula is C23H19N5O2S. The predicted molar refractivity (Wildman–Crippen MR) is 122 cm³/mol. The molecule has 0 unspecified atom stereocenters. The molecule has 3 aromatic heterocycles. The Morgan fingerprint density at radius 3 is 2.77 bits per heavy atom. The van der Waals surface area contributed by atoms with E-state index in [0.29, 0.717) is 53.9 Å². The number of hydrogen-bond donors (Lipinski definition) is 0. The number of hydrogen-bond acceptors (Lipinski definition) is 7. The van der Waals surface area contributed by atoms with E-state index in [2.05, 4.69) is 16.0 Å². The Bertz CT molecular complexity index is 1390. The first-order chi connectivity index (χ1) is 15.2. The van der Waals surface area contributed by atoms with Gasteiger partial charge < -0.3 is 9.64 Å². The number of rotatable bonds is 3. The van der Waals surface area contributed by atoms with Gasteiger partial charge in [-0.3, -0.25) is 9.20 Å². The topological polar surface area (TPSA) is 83.5 Å². The lowest BCUT2D eigenvalue weighted by Crippen LogP contribution is -2.38. The van der Waals surface area contributed by atoms with Gasteiger partial charge in [0.2, 0.25) is 0 Å². The second-order valence-electron chi connectivity index (χ2n) is 7.30. The number of ether oxygens (including phenoxy) is 1. The predicted octanol–water partition coefficient (Wildman–Crippen LogP) is 3.51. The molecule has 0 N–H and O–H groups in total. The van der Waals surface area contributed by atoms with E-state index < -0.39 is 0 Å². The Morgan fingerprint density at radius 2 is 2.00 bits per heavy atom. The van der Waals surface area contributed by atoms with Gasteiger partial charge in [-0.15, -0.1) is 11.3 Å². The minimum Gasteiger partial charge on any atom is -0.378 e. The lowest BCUT2D eigenvalue weighted by Gasteiger charge is -2.29. The Kier molecular flexibility index (Phi) is 4.98. The molecule has 5 rings (SSSR count). The summed E-state index contributed by atoms with van der Waals surface area (Å²) in [7, 11) is 0. The van der Waals surface area contributed by atoms with Crippen molar-refractivity contribution in [2.45, 2.75) is 6.92 Å². The van der Waals surface area contributed by atoms with Crippen LogP contribution in [0.4, 0.5) is 5.82 Å². The van der Waals surface area contributed by atoms with Crippen LogP contribution < -0.4 is 10.5 Å². The summed E-state index contributed by atoms with van der Waals surface area (Å²) in [4.78, 5) is 25.0. The van der Waals surface area contributed by atoms with Gasteiger partial charge in [-0.2, -0.15) is 5.26 Å². The molecular weight excluding hydrogens is 410 g/mol. The van der Waals surface area contributed by atoms with Gasteiger partial charge in [0.1, 0.15) is 22.5 Å². The molecule has 31 heavy (non-hydrogen) atoms. The average molecular weight is 430 g/mol. The molecule has 1 aliphatic rings. The molecule has 0 amide bonds. The van der Waals surface area contributed by atoms with Crippen LogP contribution in [0.3, 0.4) is 0 Å². The number of pyridine rings is 1. The zero-order chi connectivity index (χ0) is 21.4. The van der Waals surface area contributed by atoms with Crippen molar-refractivity contribution in [1.29, 1.82) is 5.26 Å². The van der Waals surface area contributed by atoms with Crippen LogP contribution in [-0.4, -0.2) is 40.7 Å². The molecule has 0 atom stereocenters. The van der Waals surface area contributed by atoms with Crippen molar-refractivity contribution in [3.8, 4) is 6.07 Å². The maximum atomic E-state index is 13.5. The van der Waals surface area contributed by atoms with Gasteiger partial charge in [-0.05, 0) is 36.8 Å². The lowest BCUT2D eigenvalue weighted by atomic mass is 10.1. The fraction of sp³-hybridized carbons (Fsp3) is 0.217. The highest BCUT2D eigenvalue weighted by atomic mass is 32.1. The number of nitriles is 1. The van der Waals surface area contributed by atoms with E-state index in [9.17, 15) is 10.1 Å². The molecule has 8 heteroatoms. The summed E-state index contributed by atoms with van der Waals surface area (Å²) in [6.45, 7) is 4.35. The zero-order valence-corrected chi connectivity index (χ0v) is 17.7. The SMILES string of the molecule is Cc1cccn2c(=O)c(C=C(C#N)c3nc4ccccc4s3)c(N3CCOCC3)nc12. The first-order valence-corrected chi connectivity index (χ1v) is 10.8. The number of allylic oxidation sites excluding steroid dienone is 1. The van der Waals surface area contributed by atoms with Gasteiger partial charge in [0.15, 0.2) is 0 Å². The summed E-state index contributed by atoms with van der Waals surface area (Å²) in [5.41, 5.74) is 2.90. The molecule has 0 aliphatic carbocycles. The first kappa shape index (κ1) is 19.4. The maximum absolute atomic E-state index is 13.5. The van der Waals surface area contributed by atoms with E-state index in [-0.39, 0.29) is 5.56 Å². The van der Waals surface area contributed by atoms with E-state index >= 15 is 0 Å². The number of thiazole rings is 1. The van der Waals surface area contributed by atoms with Crippen LogP contribution in [0.1, 0.15) is 16.1 Å². The molecule has 0 bridgehead atoms. The van der Waals surface area contributed by atoms with Gasteiger partial charge >= 0.3 is 0 Å². The number of anilines is 1. The Hall–Kier alpha value is -3.54. The third kappa shape index (κ3) is 3.48. The number of nitrogens with zero attached hydrogens (tertiary/aromatic N) is 5. The van der Waals surface area contributed by atoms with Crippen molar-refractivity contribution < 1.29 is 4.74 Å². The fourth-order valence-corrected chi connectivity index (χ4v) is 4.65. The summed E-state index contributed by atoms with van der Waals surface area (Å²) in [6.07, 6.45) is 3.34. The summed E-state index contributed by atoms with van der Waals surface area (Å²) in [5, 5.41) is 10.5. The molecule has 7 nitrogen and oxygen atoms in total. The van der Waals surface area contributed by atoms with Crippen molar-refractivity contribution in [2.24, 2.45) is 0 Å². The van der Waals surface area contributed by atoms with E-state index in [1.807, 2.05) is 43.3 Å². The van der Waals surface area contributed by atoms with Crippen molar-refractivity contribution >= 4 is 44.7 Å². The normalized spacial score (nSPS) is 14.8. The summed E-state index contributed by atoms with van der Waals surface area (Å²) in [5.74, 6) is 0.580. The lowest BCUT2D eigenvalue weighted by molar-refractivity contribution is 0.122. The van der Waals surface area contributed by atoms with Crippen molar-refractivity contribution in [3.63, 3.8) is 0 Å². The van der Waals surface area contributed by atoms with Gasteiger partial charge in [-0.1, -0.05) is 18.2 Å². The van der Waals surface area contributed by atoms with Crippen molar-refractivity contribution in [3.05, 3.63) is 69.1 Å². The van der Waals surface area contributed by atoms with E-state index in [1.54, 1.807) is 16.7 Å². The monoisotopic (exact) mass is 429 g/mol. The highest BCUT2D eigenvalue weighted by molar-refractivity contribution is 7.19. The number of fused-ring (bicyclic) bond motifs is 2. The van der Waals surface area contributed by atoms with Gasteiger partial charge in [-0.25, -0.2) is 9.97 Å². The summed E-state index contributed by atoms with van der Waals surface area (Å²) < 4.78 is 8.02. The molecule has 154 valence electrons. The van der Waals surface area contributed by atoms with E-state index in [1.165, 1.54) is 11.3 Å². The molecule has 1 saturated heterocycles. The van der Waals surface area contributed by atoms with Crippen molar-refractivity contribution in [2.75, 3.05) is 31.2 Å². The number of benzene rings is 1. The van der Waals surface area contributed by atoms with Crippen LogP contribution in [-0.2, 0) is 4.74 Å². The van der Waals surface area contributed by atoms with Crippen LogP contribution in [0.25, 0.3) is 27.5 Å². The minimum absolute atomic E-state index is 0.205. The van der Waals surface area contributed by atoms with E-state index in [0.717, 1.165) is 15.8 Å². The smallest absolute Gasteiger partial charge is 0.267 e. The van der Waals surface area contributed by atoms with Crippen LogP contribution in [0.5, 0.6) is 0 Å². The molecule has 1 aromatic carbocycles. The highest BCUT2D eigenvalue weighted by Crippen LogP contribution is 2.29. The van der Waals surface area contributed by atoms with Crippen LogP contribution >= 0.6 is 11.3 Å². The van der Waals surface area contributed by atoms with Gasteiger partial charge in [0, 0.05) is 19.3 Å². The van der Waals surface area contributed by atoms with E-state index in [4.69, 9.17) is 9.72 Å². The second-order valence-corrected chi connectivity index (χ2v) is 8.33. The molecule has 0 spiro atoms. The van der Waals surface area contributed by atoms with Crippen molar-refractivity contribution in [1.82, 2.24) is 14.4 Å². The standard InChI is InChI=1S/C23H19N5O2S/c1-15-5-4-8-28-20(15)26-21(27-9-11-30-12-10-27)17(23(28)29)13-16(14-24)22-25-18-6-2-3-7-19(18)31-22/h2-8,13H,9-12H2,1H3. The number of morpholine rings is 1. The summed E-state index contributed by atoms with van der Waals surface area (Å²) >= 11 is 1.44. The fourth-order valence-electron chi connectivity index (χ4n) is 3.72. The highest BCUT2D eigenvalue weighted by Gasteiger charge is 2.21. The molecule has 1 fully saturated rings. The quantitative estimate of drug-likeness (QED) is 0.464. The van der Waals surface area contributed by atoms with Gasteiger partial charge in [0.05, 0.1) is 34.6 Å². The number of aromatic nitrogens is 3. The molecule has 0 radical (unpaired) electrons. The average Bonchev–Trinajstić information content (AvgIpc) is 3.23. The molecule has 0 saturated carbocycles. The zero-order valence-electron chi connectivity index (χ0n) is 16.9. The molecule has 1 aliphatic heterocycles. The Balaban J connectivity index is 1.74. The maximum Gasteiger partial charge on any atom is 0.267 e. The number of para-hydroxylation sites is 1. The third-order valence-electron chi connectivity index (χ3n) is 5.31. The van der Waals surface area contributed by atoms with Crippen LogP contribution in [0.15, 0.2) is 47.4 Å². The minimum atomic E-state index is -0.205. The van der Waals surface area contributed by atoms with Crippen LogP contribution in [0.2, 0.25) is 0 Å². The molecule has 4 aromatic rings. The van der Waals surface area contributed by atoms with Crippen LogP contribution in [0, 0.1) is 18.3 Å². The Morgan fingerprint density at radius 1 is 1.19 bits per heavy atom. The second kappa shape index (κ2) is 7.95. The molecule has 4 heterocycles.